The van der Waals surface area contributed by atoms with Gasteiger partial charge in [-0.15, -0.1) is 0 Å². The molecule has 0 fully saturated rings. The van der Waals surface area contributed by atoms with Crippen LogP contribution in [0.4, 0.5) is 0 Å². The van der Waals surface area contributed by atoms with Crippen LogP contribution >= 0.6 is 7.92 Å². The predicted octanol–water partition coefficient (Wildman–Crippen LogP) is 8.54. The highest BCUT2D eigenvalue weighted by molar-refractivity contribution is 7.80. The van der Waals surface area contributed by atoms with Crippen molar-refractivity contribution in [2.24, 2.45) is 16.3 Å². The van der Waals surface area contributed by atoms with E-state index in [1.165, 1.54) is 15.9 Å². The smallest absolute Gasteiger partial charge is 0.226 e. The van der Waals surface area contributed by atoms with Gasteiger partial charge in [-0.1, -0.05) is 148 Å². The lowest BCUT2D eigenvalue weighted by atomic mass is 9.80. The number of nitrogens with zero attached hydrogens (tertiary/aromatic N) is 2. The van der Waals surface area contributed by atoms with E-state index < -0.39 is 25.3 Å². The molecule has 5 nitrogen and oxygen atoms in total. The van der Waals surface area contributed by atoms with Crippen LogP contribution in [-0.4, -0.2) is 41.9 Å². The topological polar surface area (TPSA) is 59.0 Å². The fourth-order valence-electron chi connectivity index (χ4n) is 6.47. The second kappa shape index (κ2) is 18.6. The largest absolute Gasteiger partial charge is 0.489 e. The summed E-state index contributed by atoms with van der Waals surface area (Å²) in [5, 5.41) is 3.69. The minimum absolute atomic E-state index is 0.00102. The molecule has 0 heterocycles. The SMILES string of the molecule is CCN(CC)C(=O)[C@@H](CC(=O)[C@@H](N=Cc1ccccc1P(c1ccccc1)c1ccccc1)C(C)(C)C)Cc1ccc(OCc2ccccc2)cc1. The van der Waals surface area contributed by atoms with Crippen molar-refractivity contribution in [1.82, 2.24) is 4.90 Å². The first-order valence-corrected chi connectivity index (χ1v) is 19.6. The van der Waals surface area contributed by atoms with Crippen LogP contribution in [0.25, 0.3) is 0 Å². The predicted molar refractivity (Wildman–Crippen MR) is 218 cm³/mol. The van der Waals surface area contributed by atoms with Crippen molar-refractivity contribution in [1.29, 1.82) is 0 Å². The van der Waals surface area contributed by atoms with Gasteiger partial charge in [0, 0.05) is 37.2 Å². The summed E-state index contributed by atoms with van der Waals surface area (Å²) in [5.74, 6) is 0.241. The first-order chi connectivity index (χ1) is 25.2. The van der Waals surface area contributed by atoms with E-state index in [-0.39, 0.29) is 18.1 Å². The maximum atomic E-state index is 14.4. The summed E-state index contributed by atoms with van der Waals surface area (Å²) in [6.45, 7) is 11.8. The van der Waals surface area contributed by atoms with Crippen molar-refractivity contribution in [2.45, 2.75) is 60.1 Å². The lowest BCUT2D eigenvalue weighted by Crippen LogP contribution is -2.40. The number of ketones is 1. The number of aliphatic imine (C=N–C) groups is 1. The molecular weight excluding hydrogens is 659 g/mol. The molecule has 0 N–H and O–H groups in total. The van der Waals surface area contributed by atoms with E-state index in [2.05, 4.69) is 87.5 Å². The van der Waals surface area contributed by atoms with Crippen LogP contribution in [0.2, 0.25) is 0 Å². The zero-order valence-electron chi connectivity index (χ0n) is 31.1. The van der Waals surface area contributed by atoms with Gasteiger partial charge in [-0.3, -0.25) is 14.6 Å². The van der Waals surface area contributed by atoms with Crippen LogP contribution in [0.5, 0.6) is 5.75 Å². The molecule has 0 aliphatic heterocycles. The van der Waals surface area contributed by atoms with Gasteiger partial charge in [0.25, 0.3) is 0 Å². The zero-order chi connectivity index (χ0) is 36.9. The average molecular weight is 711 g/mol. The molecule has 2 atom stereocenters. The molecular formula is C46H51N2O3P. The van der Waals surface area contributed by atoms with Crippen LogP contribution < -0.4 is 20.7 Å². The highest BCUT2D eigenvalue weighted by Gasteiger charge is 2.34. The monoisotopic (exact) mass is 710 g/mol. The molecule has 0 aliphatic rings. The van der Waals surface area contributed by atoms with Crippen LogP contribution in [0, 0.1) is 11.3 Å². The summed E-state index contributed by atoms with van der Waals surface area (Å²) >= 11 is 0. The van der Waals surface area contributed by atoms with Gasteiger partial charge in [-0.05, 0) is 72.8 Å². The summed E-state index contributed by atoms with van der Waals surface area (Å²) in [6, 6.07) is 46.9. The van der Waals surface area contributed by atoms with Crippen molar-refractivity contribution in [3.8, 4) is 5.75 Å². The van der Waals surface area contributed by atoms with Gasteiger partial charge in [-0.25, -0.2) is 0 Å². The fraction of sp³-hybridized carbons (Fsp3) is 0.283. The van der Waals surface area contributed by atoms with E-state index in [9.17, 15) is 9.59 Å². The lowest BCUT2D eigenvalue weighted by molar-refractivity contribution is -0.138. The number of hydrogen-bond donors (Lipinski definition) is 0. The third kappa shape index (κ3) is 10.4. The Labute approximate surface area is 311 Å². The Morgan fingerprint density at radius 2 is 1.25 bits per heavy atom. The number of benzene rings is 5. The molecule has 268 valence electrons. The fourth-order valence-corrected chi connectivity index (χ4v) is 8.89. The number of rotatable bonds is 16. The molecule has 5 aromatic carbocycles. The molecule has 1 amide bonds. The lowest BCUT2D eigenvalue weighted by Gasteiger charge is -2.29. The van der Waals surface area contributed by atoms with Crippen LogP contribution in [-0.2, 0) is 22.6 Å². The zero-order valence-corrected chi connectivity index (χ0v) is 32.0. The van der Waals surface area contributed by atoms with Crippen molar-refractivity contribution >= 4 is 41.7 Å². The van der Waals surface area contributed by atoms with Gasteiger partial charge in [0.05, 0.1) is 0 Å². The molecule has 0 bridgehead atoms. The average Bonchev–Trinajstić information content (AvgIpc) is 3.16. The number of amides is 1. The maximum absolute atomic E-state index is 14.4. The van der Waals surface area contributed by atoms with E-state index in [1.807, 2.05) is 97.8 Å². The molecule has 0 radical (unpaired) electrons. The molecule has 0 spiro atoms. The third-order valence-electron chi connectivity index (χ3n) is 9.22. The van der Waals surface area contributed by atoms with Crippen molar-refractivity contribution in [3.63, 3.8) is 0 Å². The number of ether oxygens (including phenoxy) is 1. The number of carbonyl (C=O) groups excluding carboxylic acids is 2. The first-order valence-electron chi connectivity index (χ1n) is 18.3. The minimum Gasteiger partial charge on any atom is -0.489 e. The molecule has 0 saturated carbocycles. The van der Waals surface area contributed by atoms with Gasteiger partial charge < -0.3 is 9.64 Å². The quantitative estimate of drug-likeness (QED) is 0.0762. The minimum atomic E-state index is -0.856. The number of carbonyl (C=O) groups is 2. The van der Waals surface area contributed by atoms with E-state index in [1.54, 1.807) is 0 Å². The Kier molecular flexibility index (Phi) is 13.7. The van der Waals surface area contributed by atoms with Gasteiger partial charge in [-0.2, -0.15) is 0 Å². The van der Waals surface area contributed by atoms with Gasteiger partial charge in [0.1, 0.15) is 18.4 Å². The molecule has 6 heteroatoms. The molecule has 5 rings (SSSR count). The summed E-state index contributed by atoms with van der Waals surface area (Å²) < 4.78 is 6.00. The van der Waals surface area contributed by atoms with Gasteiger partial charge >= 0.3 is 0 Å². The molecule has 0 aliphatic carbocycles. The Morgan fingerprint density at radius 3 is 1.81 bits per heavy atom. The standard InChI is InChI=1S/C46H51N2O3P/c1-6-48(7-2)45(50)38(31-35-27-29-39(30-28-35)51-34-36-19-11-8-12-20-36)32-42(49)44(46(3,4)5)47-33-37-21-17-18-26-43(37)52(40-22-13-9-14-23-40)41-24-15-10-16-25-41/h8-30,33,38,44H,6-7,31-32,34H2,1-5H3/t38-,44-/m1/s1. The maximum Gasteiger partial charge on any atom is 0.226 e. The summed E-state index contributed by atoms with van der Waals surface area (Å²) in [4.78, 5) is 35.2. The molecule has 0 saturated heterocycles. The molecule has 0 aromatic heterocycles. The van der Waals surface area contributed by atoms with E-state index in [4.69, 9.17) is 9.73 Å². The number of Topliss-reactive ketones (excluding diaryl/α,β-unsaturated/α-hetero) is 1. The molecule has 52 heavy (non-hydrogen) atoms. The van der Waals surface area contributed by atoms with E-state index >= 15 is 0 Å². The van der Waals surface area contributed by atoms with Crippen molar-refractivity contribution in [3.05, 3.63) is 156 Å². The Bertz CT molecular complexity index is 1840. The second-order valence-electron chi connectivity index (χ2n) is 14.1. The second-order valence-corrected chi connectivity index (χ2v) is 16.3. The van der Waals surface area contributed by atoms with Gasteiger partial charge in [0.15, 0.2) is 5.78 Å². The summed E-state index contributed by atoms with van der Waals surface area (Å²) in [7, 11) is -0.856. The van der Waals surface area contributed by atoms with Gasteiger partial charge in [0.2, 0.25) is 5.91 Å². The highest BCUT2D eigenvalue weighted by atomic mass is 31.1. The van der Waals surface area contributed by atoms with E-state index in [0.717, 1.165) is 22.4 Å². The van der Waals surface area contributed by atoms with Crippen LogP contribution in [0.15, 0.2) is 145 Å². The van der Waals surface area contributed by atoms with Crippen molar-refractivity contribution in [2.75, 3.05) is 13.1 Å². The van der Waals surface area contributed by atoms with E-state index in [0.29, 0.717) is 26.1 Å². The molecule has 0 unspecified atom stereocenters. The van der Waals surface area contributed by atoms with Crippen LogP contribution in [0.1, 0.15) is 57.7 Å². The number of hydrogen-bond acceptors (Lipinski definition) is 4. The third-order valence-corrected chi connectivity index (χ3v) is 11.7. The first kappa shape index (κ1) is 38.4. The van der Waals surface area contributed by atoms with Crippen LogP contribution in [0.3, 0.4) is 0 Å². The molecule has 5 aromatic rings. The normalized spacial score (nSPS) is 12.8. The Morgan fingerprint density at radius 1 is 0.712 bits per heavy atom. The summed E-state index contributed by atoms with van der Waals surface area (Å²) in [5.41, 5.74) is 2.63. The Balaban J connectivity index is 1.39. The highest BCUT2D eigenvalue weighted by Crippen LogP contribution is 2.34. The Hall–Kier alpha value is -4.86. The summed E-state index contributed by atoms with van der Waals surface area (Å²) in [6.07, 6.45) is 2.46. The van der Waals surface area contributed by atoms with Crippen molar-refractivity contribution < 1.29 is 14.3 Å².